The van der Waals surface area contributed by atoms with Crippen LogP contribution in [0.5, 0.6) is 0 Å². The molecule has 1 aromatic carbocycles. The molecular formula is C14H18N2O5S. The number of sulfone groups is 1. The number of nitrogens with zero attached hydrogens (tertiary/aromatic N) is 1. The summed E-state index contributed by atoms with van der Waals surface area (Å²) in [6.45, 7) is -0.420. The minimum absolute atomic E-state index is 0.0405. The van der Waals surface area contributed by atoms with Crippen molar-refractivity contribution in [2.45, 2.75) is 12.5 Å². The molecule has 0 aliphatic carbocycles. The molecule has 0 unspecified atom stereocenters. The molecule has 1 saturated heterocycles. The molecule has 1 amide bonds. The number of carbonyl (C=O) groups excluding carboxylic acids is 2. The van der Waals surface area contributed by atoms with Gasteiger partial charge in [0.15, 0.2) is 16.4 Å². The largest absolute Gasteiger partial charge is 0.452 e. The van der Waals surface area contributed by atoms with Crippen LogP contribution in [0.4, 0.5) is 5.69 Å². The molecule has 1 aromatic rings. The Hall–Kier alpha value is -2.09. The number of ether oxygens (including phenoxy) is 1. The first-order chi connectivity index (χ1) is 10.3. The zero-order valence-corrected chi connectivity index (χ0v) is 13.0. The number of hydrogen-bond donors (Lipinski definition) is 1. The van der Waals surface area contributed by atoms with Crippen LogP contribution in [0, 0.1) is 0 Å². The van der Waals surface area contributed by atoms with Crippen LogP contribution in [0.3, 0.4) is 0 Å². The number of rotatable bonds is 4. The molecule has 7 nitrogen and oxygen atoms in total. The summed E-state index contributed by atoms with van der Waals surface area (Å²) >= 11 is 0. The predicted octanol–water partition coefficient (Wildman–Crippen LogP) is 0.0711. The second-order valence-electron chi connectivity index (χ2n) is 5.26. The highest BCUT2D eigenvalue weighted by molar-refractivity contribution is 7.91. The molecule has 1 atom stereocenters. The topological polar surface area (TPSA) is 107 Å². The van der Waals surface area contributed by atoms with Crippen LogP contribution in [0.2, 0.25) is 0 Å². The lowest BCUT2D eigenvalue weighted by Gasteiger charge is -2.23. The summed E-state index contributed by atoms with van der Waals surface area (Å²) in [6.07, 6.45) is 0.413. The van der Waals surface area contributed by atoms with Crippen LogP contribution in [0.15, 0.2) is 24.3 Å². The molecular weight excluding hydrogens is 308 g/mol. The molecule has 0 aromatic heterocycles. The molecule has 0 saturated carbocycles. The summed E-state index contributed by atoms with van der Waals surface area (Å²) in [5, 5.41) is 0. The Kier molecular flexibility index (Phi) is 4.70. The van der Waals surface area contributed by atoms with Crippen LogP contribution in [0.25, 0.3) is 0 Å². The zero-order valence-electron chi connectivity index (χ0n) is 12.2. The van der Waals surface area contributed by atoms with E-state index in [-0.39, 0.29) is 17.5 Å². The van der Waals surface area contributed by atoms with Gasteiger partial charge in [0.2, 0.25) is 0 Å². The second-order valence-corrected chi connectivity index (χ2v) is 7.49. The zero-order chi connectivity index (χ0) is 16.3. The average molecular weight is 326 g/mol. The molecule has 1 fully saturated rings. The fraction of sp³-hybridized carbons (Fsp3) is 0.429. The van der Waals surface area contributed by atoms with Gasteiger partial charge in [0.05, 0.1) is 17.1 Å². The first-order valence-electron chi connectivity index (χ1n) is 6.77. The van der Waals surface area contributed by atoms with E-state index in [1.54, 1.807) is 12.1 Å². The van der Waals surface area contributed by atoms with E-state index >= 15 is 0 Å². The van der Waals surface area contributed by atoms with Gasteiger partial charge in [0, 0.05) is 18.8 Å². The van der Waals surface area contributed by atoms with E-state index in [0.29, 0.717) is 17.7 Å². The highest BCUT2D eigenvalue weighted by atomic mass is 32.2. The number of hydrogen-bond acceptors (Lipinski definition) is 6. The quantitative estimate of drug-likeness (QED) is 0.620. The van der Waals surface area contributed by atoms with Crippen molar-refractivity contribution in [2.24, 2.45) is 0 Å². The summed E-state index contributed by atoms with van der Waals surface area (Å²) in [4.78, 5) is 25.1. The number of esters is 1. The number of amides is 1. The molecule has 2 N–H and O–H groups in total. The Bertz CT molecular complexity index is 669. The van der Waals surface area contributed by atoms with E-state index in [2.05, 4.69) is 0 Å². The van der Waals surface area contributed by atoms with Gasteiger partial charge in [0.25, 0.3) is 5.91 Å². The van der Waals surface area contributed by atoms with Crippen molar-refractivity contribution in [3.63, 3.8) is 0 Å². The van der Waals surface area contributed by atoms with Crippen LogP contribution in [0.1, 0.15) is 16.8 Å². The maximum atomic E-state index is 12.0. The number of nitrogen functional groups attached to an aromatic ring is 1. The Labute approximate surface area is 129 Å². The lowest BCUT2D eigenvalue weighted by atomic mass is 10.2. The lowest BCUT2D eigenvalue weighted by Crippen LogP contribution is -2.40. The number of nitrogens with two attached hydrogens (primary N) is 1. The molecule has 1 aliphatic heterocycles. The minimum atomic E-state index is -3.07. The van der Waals surface area contributed by atoms with E-state index in [0.717, 1.165) is 0 Å². The highest BCUT2D eigenvalue weighted by Gasteiger charge is 2.32. The van der Waals surface area contributed by atoms with Crippen LogP contribution in [-0.4, -0.2) is 56.4 Å². The van der Waals surface area contributed by atoms with Gasteiger partial charge in [-0.3, -0.25) is 4.79 Å². The Morgan fingerprint density at radius 2 is 1.95 bits per heavy atom. The lowest BCUT2D eigenvalue weighted by molar-refractivity contribution is -0.134. The van der Waals surface area contributed by atoms with Crippen LogP contribution in [-0.2, 0) is 19.4 Å². The van der Waals surface area contributed by atoms with E-state index < -0.39 is 28.3 Å². The molecule has 1 heterocycles. The fourth-order valence-electron chi connectivity index (χ4n) is 2.22. The van der Waals surface area contributed by atoms with E-state index in [1.165, 1.54) is 24.1 Å². The summed E-state index contributed by atoms with van der Waals surface area (Å²) in [5.41, 5.74) is 6.34. The fourth-order valence-corrected chi connectivity index (χ4v) is 3.99. The molecule has 0 radical (unpaired) electrons. The van der Waals surface area contributed by atoms with Gasteiger partial charge in [-0.1, -0.05) is 0 Å². The van der Waals surface area contributed by atoms with Crippen molar-refractivity contribution < 1.29 is 22.7 Å². The van der Waals surface area contributed by atoms with Crippen LogP contribution < -0.4 is 5.73 Å². The molecule has 0 bridgehead atoms. The van der Waals surface area contributed by atoms with Crippen molar-refractivity contribution in [2.75, 3.05) is 30.9 Å². The summed E-state index contributed by atoms with van der Waals surface area (Å²) in [5.74, 6) is -1.01. The maximum Gasteiger partial charge on any atom is 0.338 e. The smallest absolute Gasteiger partial charge is 0.338 e. The predicted molar refractivity (Wildman–Crippen MR) is 81.0 cm³/mol. The molecule has 8 heteroatoms. The minimum Gasteiger partial charge on any atom is -0.452 e. The van der Waals surface area contributed by atoms with Crippen molar-refractivity contribution in [1.29, 1.82) is 0 Å². The summed E-state index contributed by atoms with van der Waals surface area (Å²) < 4.78 is 27.8. The van der Waals surface area contributed by atoms with Crippen molar-refractivity contribution in [3.05, 3.63) is 29.8 Å². The van der Waals surface area contributed by atoms with Gasteiger partial charge in [-0.05, 0) is 30.7 Å². The molecule has 1 aliphatic rings. The van der Waals surface area contributed by atoms with E-state index in [4.69, 9.17) is 10.5 Å². The Morgan fingerprint density at radius 1 is 1.32 bits per heavy atom. The normalized spacial score (nSPS) is 19.6. The van der Waals surface area contributed by atoms with E-state index in [9.17, 15) is 18.0 Å². The summed E-state index contributed by atoms with van der Waals surface area (Å²) in [7, 11) is -1.55. The Morgan fingerprint density at radius 3 is 2.50 bits per heavy atom. The van der Waals surface area contributed by atoms with Crippen molar-refractivity contribution in [1.82, 2.24) is 4.90 Å². The third kappa shape index (κ3) is 3.97. The summed E-state index contributed by atoms with van der Waals surface area (Å²) in [6, 6.07) is 5.79. The van der Waals surface area contributed by atoms with Crippen LogP contribution >= 0.6 is 0 Å². The first-order valence-corrected chi connectivity index (χ1v) is 8.59. The third-order valence-corrected chi connectivity index (χ3v) is 5.37. The molecule has 120 valence electrons. The number of benzene rings is 1. The maximum absolute atomic E-state index is 12.0. The highest BCUT2D eigenvalue weighted by Crippen LogP contribution is 2.16. The number of carbonyl (C=O) groups is 2. The number of likely N-dealkylation sites (N-methyl/N-ethyl adjacent to an activating group) is 1. The SMILES string of the molecule is CN(C(=O)COC(=O)c1ccc(N)cc1)[C@@H]1CCS(=O)(=O)C1. The van der Waals surface area contributed by atoms with Gasteiger partial charge >= 0.3 is 5.97 Å². The standard InChI is InChI=1S/C14H18N2O5S/c1-16(12-6-7-22(19,20)9-12)13(17)8-21-14(18)10-2-4-11(15)5-3-10/h2-5,12H,6-9,15H2,1H3/t12-/m1/s1. The van der Waals surface area contributed by atoms with Gasteiger partial charge < -0.3 is 15.4 Å². The number of anilines is 1. The molecule has 22 heavy (non-hydrogen) atoms. The molecule has 0 spiro atoms. The monoisotopic (exact) mass is 326 g/mol. The van der Waals surface area contributed by atoms with Gasteiger partial charge in [0.1, 0.15) is 0 Å². The Balaban J connectivity index is 1.87. The van der Waals surface area contributed by atoms with Gasteiger partial charge in [-0.25, -0.2) is 13.2 Å². The first kappa shape index (κ1) is 16.3. The average Bonchev–Trinajstić information content (AvgIpc) is 2.84. The molecule has 2 rings (SSSR count). The third-order valence-electron chi connectivity index (χ3n) is 3.62. The van der Waals surface area contributed by atoms with Crippen molar-refractivity contribution >= 4 is 27.4 Å². The second kappa shape index (κ2) is 6.35. The van der Waals surface area contributed by atoms with E-state index in [1.807, 2.05) is 0 Å². The van der Waals surface area contributed by atoms with Gasteiger partial charge in [-0.15, -0.1) is 0 Å². The van der Waals surface area contributed by atoms with Crippen molar-refractivity contribution in [3.8, 4) is 0 Å². The van der Waals surface area contributed by atoms with Gasteiger partial charge in [-0.2, -0.15) is 0 Å².